The van der Waals surface area contributed by atoms with Gasteiger partial charge in [0.1, 0.15) is 16.4 Å². The van der Waals surface area contributed by atoms with Crippen molar-refractivity contribution in [2.75, 3.05) is 6.61 Å². The van der Waals surface area contributed by atoms with E-state index in [1.165, 1.54) is 30.7 Å². The summed E-state index contributed by atoms with van der Waals surface area (Å²) < 4.78 is 35.4. The molecule has 0 aromatic heterocycles. The molecule has 0 aliphatic carbocycles. The molecular formula is C19H21ClO6S. The summed E-state index contributed by atoms with van der Waals surface area (Å²) in [5.41, 5.74) is -0.312. The summed E-state index contributed by atoms with van der Waals surface area (Å²) in [7, 11) is -4.19. The number of rotatable bonds is 10. The fourth-order valence-electron chi connectivity index (χ4n) is 2.31. The van der Waals surface area contributed by atoms with Crippen molar-refractivity contribution >= 4 is 27.7 Å². The van der Waals surface area contributed by atoms with E-state index in [0.717, 1.165) is 25.3 Å². The topological polar surface area (TPSA) is 89.9 Å². The van der Waals surface area contributed by atoms with Crippen molar-refractivity contribution < 1.29 is 27.2 Å². The maximum Gasteiger partial charge on any atom is 0.339 e. The number of hydrogen-bond donors (Lipinski definition) is 1. The first-order valence-electron chi connectivity index (χ1n) is 8.53. The number of ether oxygens (including phenoxy) is 1. The van der Waals surface area contributed by atoms with Gasteiger partial charge in [-0.1, -0.05) is 37.8 Å². The molecule has 0 saturated heterocycles. The van der Waals surface area contributed by atoms with Crippen LogP contribution in [0.1, 0.15) is 43.0 Å². The lowest BCUT2D eigenvalue weighted by Gasteiger charge is -2.10. The van der Waals surface area contributed by atoms with E-state index in [2.05, 4.69) is 6.92 Å². The standard InChI is InChI=1S/C19H21ClO6S/c1-2-3-4-5-12-25-14-6-8-15(9-7-14)26-27(23,24)16-10-11-18(20)17(13-16)19(21)22/h6-11,13H,2-5,12H2,1H3,(H,21,22). The Kier molecular flexibility index (Phi) is 7.50. The molecule has 0 aliphatic rings. The van der Waals surface area contributed by atoms with Crippen LogP contribution in [0.2, 0.25) is 5.02 Å². The number of halogens is 1. The van der Waals surface area contributed by atoms with Crippen LogP contribution >= 0.6 is 11.6 Å². The molecule has 0 amide bonds. The van der Waals surface area contributed by atoms with Gasteiger partial charge < -0.3 is 14.0 Å². The van der Waals surface area contributed by atoms with Crippen molar-refractivity contribution in [3.8, 4) is 11.5 Å². The fourth-order valence-corrected chi connectivity index (χ4v) is 3.46. The summed E-state index contributed by atoms with van der Waals surface area (Å²) in [6.45, 7) is 2.74. The Morgan fingerprint density at radius 3 is 2.33 bits per heavy atom. The summed E-state index contributed by atoms with van der Waals surface area (Å²) in [6, 6.07) is 9.56. The van der Waals surface area contributed by atoms with Gasteiger partial charge in [-0.25, -0.2) is 4.79 Å². The van der Waals surface area contributed by atoms with Gasteiger partial charge in [-0.15, -0.1) is 0 Å². The molecular weight excluding hydrogens is 392 g/mol. The second-order valence-electron chi connectivity index (χ2n) is 5.86. The number of aromatic carboxylic acids is 1. The van der Waals surface area contributed by atoms with E-state index >= 15 is 0 Å². The molecule has 6 nitrogen and oxygen atoms in total. The van der Waals surface area contributed by atoms with Crippen molar-refractivity contribution in [3.05, 3.63) is 53.1 Å². The van der Waals surface area contributed by atoms with Gasteiger partial charge in [0.25, 0.3) is 0 Å². The molecule has 2 aromatic carbocycles. The first-order chi connectivity index (χ1) is 12.8. The molecule has 0 atom stereocenters. The van der Waals surface area contributed by atoms with Gasteiger partial charge in [0, 0.05) is 0 Å². The first kappa shape index (κ1) is 21.1. The molecule has 0 saturated carbocycles. The van der Waals surface area contributed by atoms with Gasteiger partial charge in [-0.05, 0) is 48.9 Å². The van der Waals surface area contributed by atoms with E-state index in [1.54, 1.807) is 12.1 Å². The minimum atomic E-state index is -4.19. The third kappa shape index (κ3) is 6.15. The molecule has 0 heterocycles. The summed E-state index contributed by atoms with van der Waals surface area (Å²) in [5.74, 6) is -0.603. The predicted molar refractivity (Wildman–Crippen MR) is 102 cm³/mol. The zero-order chi connectivity index (χ0) is 19.9. The van der Waals surface area contributed by atoms with E-state index in [0.29, 0.717) is 12.4 Å². The maximum atomic E-state index is 12.4. The minimum absolute atomic E-state index is 0.0538. The zero-order valence-corrected chi connectivity index (χ0v) is 16.4. The molecule has 0 spiro atoms. The number of carboxylic acids is 1. The molecule has 1 N–H and O–H groups in total. The van der Waals surface area contributed by atoms with Crippen LogP contribution in [0.5, 0.6) is 11.5 Å². The molecule has 27 heavy (non-hydrogen) atoms. The predicted octanol–water partition coefficient (Wildman–Crippen LogP) is 4.77. The molecule has 8 heteroatoms. The molecule has 0 radical (unpaired) electrons. The van der Waals surface area contributed by atoms with Crippen LogP contribution in [0.3, 0.4) is 0 Å². The molecule has 0 fully saturated rings. The molecule has 0 aliphatic heterocycles. The molecule has 0 bridgehead atoms. The third-order valence-corrected chi connectivity index (χ3v) is 5.33. The number of carbonyl (C=O) groups is 1. The van der Waals surface area contributed by atoms with Gasteiger partial charge >= 0.3 is 16.1 Å². The van der Waals surface area contributed by atoms with Gasteiger partial charge in [0.2, 0.25) is 0 Å². The quantitative estimate of drug-likeness (QED) is 0.446. The van der Waals surface area contributed by atoms with E-state index in [4.69, 9.17) is 25.6 Å². The highest BCUT2D eigenvalue weighted by atomic mass is 35.5. The number of carboxylic acid groups (broad SMARTS) is 1. The van der Waals surface area contributed by atoms with Crippen LogP contribution in [-0.4, -0.2) is 26.1 Å². The molecule has 146 valence electrons. The number of benzene rings is 2. The average Bonchev–Trinajstić information content (AvgIpc) is 2.62. The van der Waals surface area contributed by atoms with Crippen molar-refractivity contribution in [2.24, 2.45) is 0 Å². The van der Waals surface area contributed by atoms with E-state index < -0.39 is 16.1 Å². The highest BCUT2D eigenvalue weighted by Gasteiger charge is 2.20. The Labute approximate surface area is 163 Å². The number of hydrogen-bond acceptors (Lipinski definition) is 5. The Balaban J connectivity index is 2.03. The summed E-state index contributed by atoms with van der Waals surface area (Å²) >= 11 is 5.76. The van der Waals surface area contributed by atoms with Gasteiger partial charge in [0.05, 0.1) is 17.2 Å². The summed E-state index contributed by atoms with van der Waals surface area (Å²) in [4.78, 5) is 10.8. The largest absolute Gasteiger partial charge is 0.494 e. The summed E-state index contributed by atoms with van der Waals surface area (Å²) in [5, 5.41) is 9.01. The minimum Gasteiger partial charge on any atom is -0.494 e. The van der Waals surface area contributed by atoms with Crippen molar-refractivity contribution in [1.29, 1.82) is 0 Å². The van der Waals surface area contributed by atoms with Crippen LogP contribution in [0.4, 0.5) is 0 Å². The highest BCUT2D eigenvalue weighted by molar-refractivity contribution is 7.87. The Morgan fingerprint density at radius 1 is 1.04 bits per heavy atom. The second kappa shape index (κ2) is 9.62. The molecule has 2 rings (SSSR count). The van der Waals surface area contributed by atoms with E-state index in [1.807, 2.05) is 0 Å². The smallest absolute Gasteiger partial charge is 0.339 e. The zero-order valence-electron chi connectivity index (χ0n) is 14.9. The second-order valence-corrected chi connectivity index (χ2v) is 7.82. The fraction of sp³-hybridized carbons (Fsp3) is 0.316. The SMILES string of the molecule is CCCCCCOc1ccc(OS(=O)(=O)c2ccc(Cl)c(C(=O)O)c2)cc1. The highest BCUT2D eigenvalue weighted by Crippen LogP contribution is 2.25. The van der Waals surface area contributed by atoms with E-state index in [-0.39, 0.29) is 21.2 Å². The van der Waals surface area contributed by atoms with Crippen LogP contribution in [0.15, 0.2) is 47.4 Å². The lowest BCUT2D eigenvalue weighted by molar-refractivity contribution is 0.0697. The Bertz CT molecular complexity index is 878. The van der Waals surface area contributed by atoms with Crippen molar-refractivity contribution in [3.63, 3.8) is 0 Å². The normalized spacial score (nSPS) is 11.2. The lowest BCUT2D eigenvalue weighted by atomic mass is 10.2. The van der Waals surface area contributed by atoms with Crippen molar-refractivity contribution in [1.82, 2.24) is 0 Å². The van der Waals surface area contributed by atoms with Crippen LogP contribution in [0, 0.1) is 0 Å². The van der Waals surface area contributed by atoms with Crippen LogP contribution in [-0.2, 0) is 10.1 Å². The maximum absolute atomic E-state index is 12.4. The third-order valence-electron chi connectivity index (χ3n) is 3.75. The Morgan fingerprint density at radius 2 is 1.70 bits per heavy atom. The van der Waals surface area contributed by atoms with Crippen molar-refractivity contribution in [2.45, 2.75) is 37.5 Å². The van der Waals surface area contributed by atoms with Gasteiger partial charge in [-0.3, -0.25) is 0 Å². The molecule has 0 unspecified atom stereocenters. The number of unbranched alkanes of at least 4 members (excludes halogenated alkanes) is 3. The average molecular weight is 413 g/mol. The Hall–Kier alpha value is -2.25. The van der Waals surface area contributed by atoms with Gasteiger partial charge in [-0.2, -0.15) is 8.42 Å². The van der Waals surface area contributed by atoms with Crippen LogP contribution < -0.4 is 8.92 Å². The molecule has 2 aromatic rings. The van der Waals surface area contributed by atoms with E-state index in [9.17, 15) is 13.2 Å². The lowest BCUT2D eigenvalue weighted by Crippen LogP contribution is -2.11. The first-order valence-corrected chi connectivity index (χ1v) is 10.3. The monoisotopic (exact) mass is 412 g/mol. The van der Waals surface area contributed by atoms with Gasteiger partial charge in [0.15, 0.2) is 0 Å². The summed E-state index contributed by atoms with van der Waals surface area (Å²) in [6.07, 6.45) is 4.39. The van der Waals surface area contributed by atoms with Crippen LogP contribution in [0.25, 0.3) is 0 Å².